The van der Waals surface area contributed by atoms with Crippen LogP contribution in [-0.2, 0) is 16.1 Å². The molecule has 11 heteroatoms. The number of morpholine rings is 1. The highest BCUT2D eigenvalue weighted by Crippen LogP contribution is 2.37. The van der Waals surface area contributed by atoms with Crippen LogP contribution in [0.15, 0.2) is 17.6 Å². The van der Waals surface area contributed by atoms with Crippen LogP contribution < -0.4 is 20.7 Å². The highest BCUT2D eigenvalue weighted by Gasteiger charge is 2.26. The van der Waals surface area contributed by atoms with E-state index in [2.05, 4.69) is 25.5 Å². The second-order valence-electron chi connectivity index (χ2n) is 9.18. The van der Waals surface area contributed by atoms with Crippen molar-refractivity contribution in [3.63, 3.8) is 0 Å². The van der Waals surface area contributed by atoms with Gasteiger partial charge in [0.05, 0.1) is 41.9 Å². The molecular weight excluding hydrogens is 478 g/mol. The lowest BCUT2D eigenvalue weighted by Gasteiger charge is -2.31. The Morgan fingerprint density at radius 1 is 1.25 bits per heavy atom. The summed E-state index contributed by atoms with van der Waals surface area (Å²) in [5, 5.41) is 5.14. The van der Waals surface area contributed by atoms with Crippen LogP contribution in [-0.4, -0.2) is 78.8 Å². The minimum atomic E-state index is 0.107. The SMILES string of the molecule is CCNC(=O)C1CCN(Cc2csc3c(-c4cnc(OC)c(N)c4)nc(N4CCOCC4)nc23)CC1. The molecule has 3 N–H and O–H groups in total. The molecule has 2 aliphatic rings. The first kappa shape index (κ1) is 24.7. The predicted molar refractivity (Wildman–Crippen MR) is 141 cm³/mol. The molecule has 2 aliphatic heterocycles. The Hall–Kier alpha value is -3.02. The standard InChI is InChI=1S/C25H33N7O3S/c1-3-27-23(33)16-4-6-31(7-5-16)14-18-15-36-22-20(17-12-19(26)24(34-2)28-13-17)29-25(30-21(18)22)32-8-10-35-11-9-32/h12-13,15-16H,3-11,14,26H2,1-2H3,(H,27,33). The second-order valence-corrected chi connectivity index (χ2v) is 10.1. The molecule has 3 aromatic heterocycles. The number of carbonyl (C=O) groups excluding carboxylic acids is 1. The van der Waals surface area contributed by atoms with Crippen LogP contribution in [0.1, 0.15) is 25.3 Å². The molecule has 36 heavy (non-hydrogen) atoms. The number of nitrogens with two attached hydrogens (primary N) is 1. The van der Waals surface area contributed by atoms with Gasteiger partial charge in [-0.1, -0.05) is 0 Å². The number of hydrogen-bond acceptors (Lipinski definition) is 10. The molecule has 0 aliphatic carbocycles. The van der Waals surface area contributed by atoms with Gasteiger partial charge in [-0.2, -0.15) is 0 Å². The summed E-state index contributed by atoms with van der Waals surface area (Å²) in [5.41, 5.74) is 10.5. The summed E-state index contributed by atoms with van der Waals surface area (Å²) in [7, 11) is 1.56. The number of fused-ring (bicyclic) bond motifs is 1. The summed E-state index contributed by atoms with van der Waals surface area (Å²) < 4.78 is 11.8. The number of nitrogen functional groups attached to an aromatic ring is 1. The molecule has 0 radical (unpaired) electrons. The number of ether oxygens (including phenoxy) is 2. The van der Waals surface area contributed by atoms with Crippen LogP contribution in [0, 0.1) is 5.92 Å². The van der Waals surface area contributed by atoms with E-state index in [-0.39, 0.29) is 11.8 Å². The van der Waals surface area contributed by atoms with Crippen LogP contribution in [0.2, 0.25) is 0 Å². The monoisotopic (exact) mass is 511 g/mol. The Balaban J connectivity index is 1.46. The lowest BCUT2D eigenvalue weighted by Crippen LogP contribution is -2.40. The molecule has 192 valence electrons. The minimum Gasteiger partial charge on any atom is -0.480 e. The van der Waals surface area contributed by atoms with E-state index in [9.17, 15) is 4.79 Å². The number of piperidine rings is 1. The van der Waals surface area contributed by atoms with Crippen molar-refractivity contribution in [1.82, 2.24) is 25.2 Å². The number of rotatable bonds is 7. The molecule has 5 rings (SSSR count). The highest BCUT2D eigenvalue weighted by molar-refractivity contribution is 7.17. The lowest BCUT2D eigenvalue weighted by molar-refractivity contribution is -0.126. The quantitative estimate of drug-likeness (QED) is 0.493. The second kappa shape index (κ2) is 10.9. The van der Waals surface area contributed by atoms with E-state index in [1.807, 2.05) is 13.0 Å². The Bertz CT molecular complexity index is 1220. The highest BCUT2D eigenvalue weighted by atomic mass is 32.1. The summed E-state index contributed by atoms with van der Waals surface area (Å²) in [6, 6.07) is 1.86. The van der Waals surface area contributed by atoms with Gasteiger partial charge in [0.2, 0.25) is 17.7 Å². The number of carbonyl (C=O) groups is 1. The fourth-order valence-electron chi connectivity index (χ4n) is 4.85. The third-order valence-corrected chi connectivity index (χ3v) is 7.84. The summed E-state index contributed by atoms with van der Waals surface area (Å²) in [4.78, 5) is 31.2. The van der Waals surface area contributed by atoms with Crippen molar-refractivity contribution < 1.29 is 14.3 Å². The topological polar surface area (TPSA) is 119 Å². The number of amides is 1. The number of methoxy groups -OCH3 is 1. The molecule has 0 bridgehead atoms. The third kappa shape index (κ3) is 5.09. The van der Waals surface area contributed by atoms with Crippen molar-refractivity contribution in [1.29, 1.82) is 0 Å². The lowest BCUT2D eigenvalue weighted by atomic mass is 9.95. The number of pyridine rings is 1. The number of nitrogens with one attached hydrogen (secondary N) is 1. The maximum absolute atomic E-state index is 12.2. The van der Waals surface area contributed by atoms with Crippen LogP contribution in [0.25, 0.3) is 21.5 Å². The number of likely N-dealkylation sites (tertiary alicyclic amines) is 1. The van der Waals surface area contributed by atoms with E-state index < -0.39 is 0 Å². The molecule has 0 atom stereocenters. The van der Waals surface area contributed by atoms with Crippen LogP contribution in [0.3, 0.4) is 0 Å². The average Bonchev–Trinajstić information content (AvgIpc) is 3.31. The first-order chi connectivity index (χ1) is 17.6. The predicted octanol–water partition coefficient (Wildman–Crippen LogP) is 2.53. The van der Waals surface area contributed by atoms with E-state index in [0.717, 1.165) is 67.0 Å². The van der Waals surface area contributed by atoms with Crippen molar-refractivity contribution in [2.45, 2.75) is 26.3 Å². The van der Waals surface area contributed by atoms with Crippen molar-refractivity contribution in [2.24, 2.45) is 5.92 Å². The summed E-state index contributed by atoms with van der Waals surface area (Å²) in [6.45, 7) is 8.05. The zero-order valence-electron chi connectivity index (χ0n) is 20.8. The number of hydrogen-bond donors (Lipinski definition) is 2. The minimum absolute atomic E-state index is 0.107. The molecule has 0 spiro atoms. The number of thiophene rings is 1. The first-order valence-electron chi connectivity index (χ1n) is 12.5. The molecule has 3 aromatic rings. The molecule has 0 saturated carbocycles. The van der Waals surface area contributed by atoms with Gasteiger partial charge in [-0.3, -0.25) is 9.69 Å². The molecule has 0 unspecified atom stereocenters. The summed E-state index contributed by atoms with van der Waals surface area (Å²) in [5.74, 6) is 1.39. The summed E-state index contributed by atoms with van der Waals surface area (Å²) >= 11 is 1.65. The van der Waals surface area contributed by atoms with Gasteiger partial charge < -0.3 is 25.4 Å². The number of anilines is 2. The molecule has 10 nitrogen and oxygen atoms in total. The van der Waals surface area contributed by atoms with E-state index in [1.165, 1.54) is 5.56 Å². The van der Waals surface area contributed by atoms with Gasteiger partial charge in [-0.25, -0.2) is 15.0 Å². The van der Waals surface area contributed by atoms with Gasteiger partial charge in [-0.15, -0.1) is 11.3 Å². The van der Waals surface area contributed by atoms with Gasteiger partial charge in [0.15, 0.2) is 0 Å². The maximum atomic E-state index is 12.2. The Morgan fingerprint density at radius 3 is 2.72 bits per heavy atom. The Kier molecular flexibility index (Phi) is 7.49. The maximum Gasteiger partial charge on any atom is 0.236 e. The molecule has 2 saturated heterocycles. The normalized spacial score (nSPS) is 17.4. The van der Waals surface area contributed by atoms with Gasteiger partial charge in [0.1, 0.15) is 0 Å². The van der Waals surface area contributed by atoms with Gasteiger partial charge >= 0.3 is 0 Å². The molecular formula is C25H33N7O3S. The molecule has 0 aromatic carbocycles. The zero-order chi connectivity index (χ0) is 25.1. The number of aromatic nitrogens is 3. The van der Waals surface area contributed by atoms with E-state index >= 15 is 0 Å². The smallest absolute Gasteiger partial charge is 0.236 e. The largest absolute Gasteiger partial charge is 0.480 e. The molecule has 5 heterocycles. The average molecular weight is 512 g/mol. The van der Waals surface area contributed by atoms with E-state index in [1.54, 1.807) is 24.6 Å². The zero-order valence-corrected chi connectivity index (χ0v) is 21.6. The van der Waals surface area contributed by atoms with Crippen LogP contribution in [0.5, 0.6) is 5.88 Å². The summed E-state index contributed by atoms with van der Waals surface area (Å²) in [6.07, 6.45) is 3.51. The first-order valence-corrected chi connectivity index (χ1v) is 13.4. The van der Waals surface area contributed by atoms with E-state index in [0.29, 0.717) is 37.3 Å². The molecule has 1 amide bonds. The van der Waals surface area contributed by atoms with Crippen LogP contribution in [0.4, 0.5) is 11.6 Å². The van der Waals surface area contributed by atoms with Crippen molar-refractivity contribution in [2.75, 3.05) is 63.7 Å². The fraction of sp³-hybridized carbons (Fsp3) is 0.520. The number of nitrogens with zero attached hydrogens (tertiary/aromatic N) is 5. The Labute approximate surface area is 214 Å². The Morgan fingerprint density at radius 2 is 2.03 bits per heavy atom. The fourth-order valence-corrected chi connectivity index (χ4v) is 5.86. The van der Waals surface area contributed by atoms with Gasteiger partial charge in [0.25, 0.3) is 0 Å². The van der Waals surface area contributed by atoms with Crippen molar-refractivity contribution in [3.8, 4) is 17.1 Å². The van der Waals surface area contributed by atoms with Crippen molar-refractivity contribution in [3.05, 3.63) is 23.2 Å². The molecule has 2 fully saturated rings. The van der Waals surface area contributed by atoms with Crippen molar-refractivity contribution >= 4 is 39.1 Å². The third-order valence-electron chi connectivity index (χ3n) is 6.82. The van der Waals surface area contributed by atoms with Gasteiger partial charge in [0, 0.05) is 49.4 Å². The van der Waals surface area contributed by atoms with Gasteiger partial charge in [-0.05, 0) is 44.3 Å². The van der Waals surface area contributed by atoms with E-state index in [4.69, 9.17) is 25.2 Å². The van der Waals surface area contributed by atoms with Crippen LogP contribution >= 0.6 is 11.3 Å².